The van der Waals surface area contributed by atoms with Crippen LogP contribution < -0.4 is 10.2 Å². The third kappa shape index (κ3) is 3.39. The Morgan fingerprint density at radius 3 is 2.90 bits per heavy atom. The maximum atomic E-state index is 13.3. The van der Waals surface area contributed by atoms with Crippen LogP contribution in [-0.2, 0) is 9.59 Å². The molecule has 1 unspecified atom stereocenters. The summed E-state index contributed by atoms with van der Waals surface area (Å²) in [7, 11) is 0. The number of hydrogen-bond donors (Lipinski definition) is 2. The van der Waals surface area contributed by atoms with Gasteiger partial charge in [-0.05, 0) is 37.6 Å². The summed E-state index contributed by atoms with van der Waals surface area (Å²) >= 11 is 0. The number of nitrogens with zero attached hydrogens (tertiary/aromatic N) is 1. The Hall–Kier alpha value is -1.95. The topological polar surface area (TPSA) is 69.6 Å². The lowest BCUT2D eigenvalue weighted by molar-refractivity contribution is -0.127. The molecule has 0 aliphatic carbocycles. The Labute approximate surface area is 122 Å². The van der Waals surface area contributed by atoms with Crippen molar-refractivity contribution in [3.05, 3.63) is 29.6 Å². The summed E-state index contributed by atoms with van der Waals surface area (Å²) < 4.78 is 13.3. The van der Waals surface area contributed by atoms with E-state index in [0.717, 1.165) is 0 Å². The van der Waals surface area contributed by atoms with Crippen molar-refractivity contribution in [1.82, 2.24) is 5.32 Å². The molecule has 1 aromatic rings. The second kappa shape index (κ2) is 6.22. The number of carbonyl (C=O) groups is 2. The van der Waals surface area contributed by atoms with Gasteiger partial charge in [-0.15, -0.1) is 0 Å². The molecule has 2 rings (SSSR count). The molecule has 0 spiro atoms. The van der Waals surface area contributed by atoms with Crippen LogP contribution in [0.3, 0.4) is 0 Å². The minimum absolute atomic E-state index is 0.125. The predicted octanol–water partition coefficient (Wildman–Crippen LogP) is 0.984. The largest absolute Gasteiger partial charge is 0.394 e. The van der Waals surface area contributed by atoms with E-state index in [4.69, 9.17) is 5.11 Å². The van der Waals surface area contributed by atoms with Crippen molar-refractivity contribution in [2.75, 3.05) is 18.1 Å². The molecule has 0 bridgehead atoms. The molecule has 2 atom stereocenters. The van der Waals surface area contributed by atoms with Crippen molar-refractivity contribution in [3.8, 4) is 0 Å². The molecule has 1 aliphatic heterocycles. The zero-order valence-electron chi connectivity index (χ0n) is 12.1. The van der Waals surface area contributed by atoms with Gasteiger partial charge in [0.05, 0.1) is 12.5 Å². The number of anilines is 1. The molecule has 5 nitrogen and oxygen atoms in total. The summed E-state index contributed by atoms with van der Waals surface area (Å²) in [5.41, 5.74) is 1.06. The molecule has 1 aliphatic rings. The van der Waals surface area contributed by atoms with Crippen molar-refractivity contribution >= 4 is 17.5 Å². The summed E-state index contributed by atoms with van der Waals surface area (Å²) in [5.74, 6) is -1.17. The van der Waals surface area contributed by atoms with Crippen LogP contribution in [0, 0.1) is 18.7 Å². The number of rotatable bonds is 4. The van der Waals surface area contributed by atoms with Crippen LogP contribution in [0.15, 0.2) is 18.2 Å². The van der Waals surface area contributed by atoms with Gasteiger partial charge in [0, 0.05) is 24.7 Å². The van der Waals surface area contributed by atoms with E-state index < -0.39 is 5.92 Å². The fraction of sp³-hybridized carbons (Fsp3) is 0.467. The monoisotopic (exact) mass is 294 g/mol. The van der Waals surface area contributed by atoms with Crippen LogP contribution in [0.5, 0.6) is 0 Å². The Bertz CT molecular complexity index is 562. The summed E-state index contributed by atoms with van der Waals surface area (Å²) in [4.78, 5) is 25.5. The third-order valence-electron chi connectivity index (χ3n) is 3.61. The quantitative estimate of drug-likeness (QED) is 0.870. The molecule has 114 valence electrons. The van der Waals surface area contributed by atoms with E-state index in [1.165, 1.54) is 17.0 Å². The molecule has 0 radical (unpaired) electrons. The Kier molecular flexibility index (Phi) is 4.57. The van der Waals surface area contributed by atoms with Gasteiger partial charge in [-0.1, -0.05) is 0 Å². The Balaban J connectivity index is 2.09. The number of hydrogen-bond acceptors (Lipinski definition) is 3. The number of amides is 2. The molecule has 1 saturated heterocycles. The van der Waals surface area contributed by atoms with Crippen LogP contribution >= 0.6 is 0 Å². The van der Waals surface area contributed by atoms with E-state index in [0.29, 0.717) is 11.3 Å². The van der Waals surface area contributed by atoms with Crippen molar-refractivity contribution in [2.45, 2.75) is 26.3 Å². The van der Waals surface area contributed by atoms with Crippen LogP contribution in [0.1, 0.15) is 18.9 Å². The van der Waals surface area contributed by atoms with Gasteiger partial charge in [0.25, 0.3) is 0 Å². The SMILES string of the molecule is Cc1cc(N2CC(C(=O)N[C@@H](C)CO)CC2=O)ccc1F. The van der Waals surface area contributed by atoms with Gasteiger partial charge >= 0.3 is 0 Å². The number of nitrogens with one attached hydrogen (secondary N) is 1. The fourth-order valence-corrected chi connectivity index (χ4v) is 2.34. The lowest BCUT2D eigenvalue weighted by Crippen LogP contribution is -2.40. The van der Waals surface area contributed by atoms with Crippen molar-refractivity contribution in [3.63, 3.8) is 0 Å². The average Bonchev–Trinajstić information content (AvgIpc) is 2.84. The van der Waals surface area contributed by atoms with E-state index in [2.05, 4.69) is 5.32 Å². The molecular formula is C15H19FN2O3. The fourth-order valence-electron chi connectivity index (χ4n) is 2.34. The van der Waals surface area contributed by atoms with Crippen molar-refractivity contribution in [2.24, 2.45) is 5.92 Å². The van der Waals surface area contributed by atoms with Gasteiger partial charge in [-0.25, -0.2) is 4.39 Å². The lowest BCUT2D eigenvalue weighted by atomic mass is 10.1. The van der Waals surface area contributed by atoms with Crippen LogP contribution in [0.2, 0.25) is 0 Å². The maximum Gasteiger partial charge on any atom is 0.227 e. The van der Waals surface area contributed by atoms with E-state index in [9.17, 15) is 14.0 Å². The number of benzene rings is 1. The van der Waals surface area contributed by atoms with Crippen molar-refractivity contribution in [1.29, 1.82) is 0 Å². The molecule has 21 heavy (non-hydrogen) atoms. The van der Waals surface area contributed by atoms with Crippen LogP contribution in [-0.4, -0.2) is 36.1 Å². The van der Waals surface area contributed by atoms with Crippen LogP contribution in [0.25, 0.3) is 0 Å². The number of carbonyl (C=O) groups excluding carboxylic acids is 2. The van der Waals surface area contributed by atoms with Crippen LogP contribution in [0.4, 0.5) is 10.1 Å². The average molecular weight is 294 g/mol. The normalized spacial score (nSPS) is 19.7. The van der Waals surface area contributed by atoms with E-state index in [1.807, 2.05) is 0 Å². The number of aliphatic hydroxyl groups excluding tert-OH is 1. The summed E-state index contributed by atoms with van der Waals surface area (Å²) in [5, 5.41) is 11.6. The first-order chi connectivity index (χ1) is 9.92. The minimum atomic E-state index is -0.447. The zero-order chi connectivity index (χ0) is 15.6. The first-order valence-electron chi connectivity index (χ1n) is 6.90. The van der Waals surface area contributed by atoms with Gasteiger partial charge in [0.1, 0.15) is 5.82 Å². The molecule has 0 aromatic heterocycles. The molecule has 6 heteroatoms. The number of aryl methyl sites for hydroxylation is 1. The van der Waals surface area contributed by atoms with Gasteiger partial charge in [-0.2, -0.15) is 0 Å². The second-order valence-corrected chi connectivity index (χ2v) is 5.43. The third-order valence-corrected chi connectivity index (χ3v) is 3.61. The smallest absolute Gasteiger partial charge is 0.227 e. The molecule has 1 fully saturated rings. The standard InChI is InChI=1S/C15H19FN2O3/c1-9-5-12(3-4-13(9)16)18-7-11(6-14(18)20)15(21)17-10(2)8-19/h3-5,10-11,19H,6-8H2,1-2H3,(H,17,21)/t10-,11?/m0/s1. The highest BCUT2D eigenvalue weighted by Gasteiger charge is 2.35. The summed E-state index contributed by atoms with van der Waals surface area (Å²) in [6.07, 6.45) is 0.125. The summed E-state index contributed by atoms with van der Waals surface area (Å²) in [6, 6.07) is 4.12. The van der Waals surface area contributed by atoms with Gasteiger partial charge < -0.3 is 15.3 Å². The van der Waals surface area contributed by atoms with Gasteiger partial charge in [-0.3, -0.25) is 9.59 Å². The molecule has 1 aromatic carbocycles. The first-order valence-corrected chi connectivity index (χ1v) is 6.90. The molecular weight excluding hydrogens is 275 g/mol. The van der Waals surface area contributed by atoms with E-state index in [1.54, 1.807) is 19.9 Å². The molecule has 2 amide bonds. The first kappa shape index (κ1) is 15.4. The Morgan fingerprint density at radius 1 is 1.57 bits per heavy atom. The number of aliphatic hydroxyl groups is 1. The predicted molar refractivity (Wildman–Crippen MR) is 76.3 cm³/mol. The molecule has 2 N–H and O–H groups in total. The van der Waals surface area contributed by atoms with Gasteiger partial charge in [0.15, 0.2) is 0 Å². The van der Waals surface area contributed by atoms with E-state index in [-0.39, 0.29) is 43.2 Å². The highest BCUT2D eigenvalue weighted by molar-refractivity contribution is 6.00. The molecule has 1 heterocycles. The Morgan fingerprint density at radius 2 is 2.29 bits per heavy atom. The zero-order valence-corrected chi connectivity index (χ0v) is 12.1. The van der Waals surface area contributed by atoms with E-state index >= 15 is 0 Å². The number of halogens is 1. The van der Waals surface area contributed by atoms with Gasteiger partial charge in [0.2, 0.25) is 11.8 Å². The minimum Gasteiger partial charge on any atom is -0.394 e. The highest BCUT2D eigenvalue weighted by atomic mass is 19.1. The highest BCUT2D eigenvalue weighted by Crippen LogP contribution is 2.26. The lowest BCUT2D eigenvalue weighted by Gasteiger charge is -2.18. The summed E-state index contributed by atoms with van der Waals surface area (Å²) in [6.45, 7) is 3.45. The second-order valence-electron chi connectivity index (χ2n) is 5.43. The maximum absolute atomic E-state index is 13.3. The molecule has 0 saturated carbocycles. The van der Waals surface area contributed by atoms with Crippen molar-refractivity contribution < 1.29 is 19.1 Å².